The molecule has 0 spiro atoms. The molecule has 1 atom stereocenters. The quantitative estimate of drug-likeness (QED) is 0.225. The van der Waals surface area contributed by atoms with Crippen molar-refractivity contribution in [2.45, 2.75) is 25.4 Å². The minimum atomic E-state index is -0.801. The van der Waals surface area contributed by atoms with Crippen molar-refractivity contribution in [2.75, 3.05) is 20.3 Å². The minimum Gasteiger partial charge on any atom is -0.494 e. The Morgan fingerprint density at radius 1 is 1.33 bits per heavy atom. The second-order valence-electron chi connectivity index (χ2n) is 7.68. The molecule has 3 aromatic rings. The molecule has 2 aromatic carbocycles. The summed E-state index contributed by atoms with van der Waals surface area (Å²) in [5.74, 6) is 0.445. The normalized spacial score (nSPS) is 14.1. The number of aliphatic imine (C=N–C) groups is 1. The van der Waals surface area contributed by atoms with E-state index in [1.807, 2.05) is 18.2 Å². The Kier molecular flexibility index (Phi) is 6.53. The average Bonchev–Trinajstić information content (AvgIpc) is 3.44. The van der Waals surface area contributed by atoms with Crippen LogP contribution in [0, 0.1) is 0 Å². The van der Waals surface area contributed by atoms with Gasteiger partial charge in [-0.15, -0.1) is 0 Å². The van der Waals surface area contributed by atoms with Crippen molar-refractivity contribution in [1.82, 2.24) is 20.6 Å². The third-order valence-corrected chi connectivity index (χ3v) is 5.51. The molecule has 2 amide bonds. The van der Waals surface area contributed by atoms with Gasteiger partial charge in [-0.25, -0.2) is 9.37 Å². The third kappa shape index (κ3) is 4.64. The van der Waals surface area contributed by atoms with Gasteiger partial charge in [-0.1, -0.05) is 18.2 Å². The number of nitrogens with two attached hydrogens (primary N) is 1. The van der Waals surface area contributed by atoms with Gasteiger partial charge in [0.15, 0.2) is 0 Å². The number of alkyl halides is 1. The molecule has 9 nitrogen and oxygen atoms in total. The Morgan fingerprint density at radius 3 is 2.94 bits per heavy atom. The SMILES string of the molecule is COc1cccc2[nH]c([C@H](CCCN=C(N)CF)NC(=O)c3cccc4c3C(=O)NC4)nc12. The number of H-pyrrole nitrogens is 1. The Labute approximate surface area is 189 Å². The zero-order valence-electron chi connectivity index (χ0n) is 18.2. The molecule has 10 heteroatoms. The summed E-state index contributed by atoms with van der Waals surface area (Å²) in [4.78, 5) is 37.3. The van der Waals surface area contributed by atoms with Crippen molar-refractivity contribution in [3.63, 3.8) is 0 Å². The first-order chi connectivity index (χ1) is 16.0. The number of benzene rings is 2. The molecule has 0 radical (unpaired) electrons. The van der Waals surface area contributed by atoms with Crippen molar-refractivity contribution in [3.8, 4) is 5.75 Å². The first-order valence-electron chi connectivity index (χ1n) is 10.6. The molecule has 1 aromatic heterocycles. The highest BCUT2D eigenvalue weighted by atomic mass is 19.1. The smallest absolute Gasteiger partial charge is 0.252 e. The summed E-state index contributed by atoms with van der Waals surface area (Å²) < 4.78 is 17.9. The maximum atomic E-state index is 13.2. The molecule has 4 rings (SSSR count). The molecule has 0 bridgehead atoms. The average molecular weight is 452 g/mol. The number of hydrogen-bond donors (Lipinski definition) is 4. The van der Waals surface area contributed by atoms with E-state index < -0.39 is 12.7 Å². The van der Waals surface area contributed by atoms with Crippen LogP contribution in [0.2, 0.25) is 0 Å². The highest BCUT2D eigenvalue weighted by molar-refractivity contribution is 6.09. The zero-order valence-corrected chi connectivity index (χ0v) is 18.2. The highest BCUT2D eigenvalue weighted by Gasteiger charge is 2.27. The number of para-hydroxylation sites is 1. The maximum Gasteiger partial charge on any atom is 0.252 e. The van der Waals surface area contributed by atoms with Gasteiger partial charge in [0.05, 0.1) is 29.8 Å². The molecule has 0 fully saturated rings. The Morgan fingerprint density at radius 2 is 2.15 bits per heavy atom. The molecule has 1 aliphatic heterocycles. The van der Waals surface area contributed by atoms with Crippen LogP contribution >= 0.6 is 0 Å². The molecule has 5 N–H and O–H groups in total. The minimum absolute atomic E-state index is 0.0603. The molecule has 1 aliphatic rings. The lowest BCUT2D eigenvalue weighted by molar-refractivity contribution is 0.0912. The van der Waals surface area contributed by atoms with Crippen LogP contribution in [0.25, 0.3) is 11.0 Å². The van der Waals surface area contributed by atoms with Crippen LogP contribution in [0.3, 0.4) is 0 Å². The number of ether oxygens (including phenoxy) is 1. The molecule has 172 valence electrons. The second kappa shape index (κ2) is 9.68. The number of rotatable bonds is 9. The van der Waals surface area contributed by atoms with E-state index in [2.05, 4.69) is 25.6 Å². The van der Waals surface area contributed by atoms with Crippen LogP contribution < -0.4 is 21.1 Å². The topological polar surface area (TPSA) is 134 Å². The predicted molar refractivity (Wildman–Crippen MR) is 122 cm³/mol. The summed E-state index contributed by atoms with van der Waals surface area (Å²) in [7, 11) is 1.57. The number of aromatic nitrogens is 2. The Hall–Kier alpha value is -3.95. The number of carbonyl (C=O) groups is 2. The number of carbonyl (C=O) groups excluding carboxylic acids is 2. The van der Waals surface area contributed by atoms with E-state index in [4.69, 9.17) is 10.5 Å². The fourth-order valence-corrected chi connectivity index (χ4v) is 3.90. The summed E-state index contributed by atoms with van der Waals surface area (Å²) in [5, 5.41) is 5.74. The molecule has 0 unspecified atom stereocenters. The fourth-order valence-electron chi connectivity index (χ4n) is 3.90. The monoisotopic (exact) mass is 452 g/mol. The van der Waals surface area contributed by atoms with Gasteiger partial charge < -0.3 is 26.1 Å². The Bertz CT molecular complexity index is 1220. The number of halogens is 1. The standard InChI is InChI=1S/C23H25FN6O3/c1-33-17-9-3-7-15-20(17)30-21(28-15)16(8-4-10-26-18(25)11-24)29-22(31)14-6-2-5-13-12-27-23(32)19(13)14/h2-3,5-7,9,16H,4,8,10-12H2,1H3,(H2,25,26)(H,27,32)(H,28,30)(H,29,31)/t16-/m0/s1. The van der Waals surface area contributed by atoms with Crippen LogP contribution in [0.4, 0.5) is 4.39 Å². The summed E-state index contributed by atoms with van der Waals surface area (Å²) in [6.07, 6.45) is 1.01. The Balaban J connectivity index is 1.62. The third-order valence-electron chi connectivity index (χ3n) is 5.51. The number of aromatic amines is 1. The highest BCUT2D eigenvalue weighted by Crippen LogP contribution is 2.27. The number of nitrogens with one attached hydrogen (secondary N) is 3. The van der Waals surface area contributed by atoms with E-state index >= 15 is 0 Å². The van der Waals surface area contributed by atoms with Gasteiger partial charge in [-0.3, -0.25) is 14.6 Å². The molecule has 2 heterocycles. The van der Waals surface area contributed by atoms with E-state index in [0.717, 1.165) is 11.1 Å². The van der Waals surface area contributed by atoms with Crippen LogP contribution in [0.5, 0.6) is 5.75 Å². The summed E-state index contributed by atoms with van der Waals surface area (Å²) in [6, 6.07) is 10.2. The number of fused-ring (bicyclic) bond motifs is 2. The number of hydrogen-bond acceptors (Lipinski definition) is 5. The molecular formula is C23H25FN6O3. The van der Waals surface area contributed by atoms with Crippen molar-refractivity contribution in [3.05, 3.63) is 58.9 Å². The van der Waals surface area contributed by atoms with Gasteiger partial charge in [-0.05, 0) is 36.6 Å². The number of imidazole rings is 1. The second-order valence-corrected chi connectivity index (χ2v) is 7.68. The fraction of sp³-hybridized carbons (Fsp3) is 0.304. The van der Waals surface area contributed by atoms with E-state index in [-0.39, 0.29) is 17.6 Å². The number of nitrogens with zero attached hydrogens (tertiary/aromatic N) is 2. The van der Waals surface area contributed by atoms with Gasteiger partial charge in [0.2, 0.25) is 0 Å². The van der Waals surface area contributed by atoms with Crippen LogP contribution in [0.1, 0.15) is 51.0 Å². The first-order valence-corrected chi connectivity index (χ1v) is 10.6. The van der Waals surface area contributed by atoms with E-state index in [1.165, 1.54) is 0 Å². The van der Waals surface area contributed by atoms with Crippen molar-refractivity contribution in [2.24, 2.45) is 10.7 Å². The van der Waals surface area contributed by atoms with Crippen LogP contribution in [-0.2, 0) is 6.54 Å². The van der Waals surface area contributed by atoms with Crippen LogP contribution in [-0.4, -0.2) is 47.9 Å². The molecular weight excluding hydrogens is 427 g/mol. The van der Waals surface area contributed by atoms with E-state index in [1.54, 1.807) is 25.3 Å². The van der Waals surface area contributed by atoms with E-state index in [9.17, 15) is 14.0 Å². The maximum absolute atomic E-state index is 13.2. The number of amides is 2. The predicted octanol–water partition coefficient (Wildman–Crippen LogP) is 2.39. The van der Waals surface area contributed by atoms with Gasteiger partial charge in [0, 0.05) is 13.1 Å². The first kappa shape index (κ1) is 22.3. The molecule has 33 heavy (non-hydrogen) atoms. The lowest BCUT2D eigenvalue weighted by Crippen LogP contribution is -2.31. The summed E-state index contributed by atoms with van der Waals surface area (Å²) in [5.41, 5.74) is 8.34. The van der Waals surface area contributed by atoms with Crippen molar-refractivity contribution in [1.29, 1.82) is 0 Å². The molecule has 0 saturated carbocycles. The van der Waals surface area contributed by atoms with Gasteiger partial charge in [-0.2, -0.15) is 0 Å². The van der Waals surface area contributed by atoms with Gasteiger partial charge in [0.1, 0.15) is 29.6 Å². The lowest BCUT2D eigenvalue weighted by atomic mass is 10.0. The largest absolute Gasteiger partial charge is 0.494 e. The van der Waals surface area contributed by atoms with Crippen molar-refractivity contribution < 1.29 is 18.7 Å². The summed E-state index contributed by atoms with van der Waals surface area (Å²) >= 11 is 0. The van der Waals surface area contributed by atoms with E-state index in [0.29, 0.717) is 54.1 Å². The number of methoxy groups -OCH3 is 1. The lowest BCUT2D eigenvalue weighted by Gasteiger charge is -2.17. The molecule has 0 aliphatic carbocycles. The summed E-state index contributed by atoms with van der Waals surface area (Å²) in [6.45, 7) is -0.0877. The van der Waals surface area contributed by atoms with Gasteiger partial charge >= 0.3 is 0 Å². The zero-order chi connectivity index (χ0) is 23.4. The molecule has 0 saturated heterocycles. The van der Waals surface area contributed by atoms with Crippen molar-refractivity contribution >= 4 is 28.7 Å². The van der Waals surface area contributed by atoms with Gasteiger partial charge in [0.25, 0.3) is 11.8 Å². The number of amidine groups is 1. The van der Waals surface area contributed by atoms with Crippen LogP contribution in [0.15, 0.2) is 41.4 Å².